The molecule has 0 fully saturated rings. The van der Waals surface area contributed by atoms with E-state index in [0.717, 1.165) is 25.7 Å². The lowest BCUT2D eigenvalue weighted by molar-refractivity contribution is -0.143. The molecule has 0 heterocycles. The lowest BCUT2D eigenvalue weighted by Crippen LogP contribution is -2.05. The van der Waals surface area contributed by atoms with Crippen LogP contribution in [0.2, 0.25) is 0 Å². The monoisotopic (exact) mass is 337 g/mol. The highest BCUT2D eigenvalue weighted by Crippen LogP contribution is 2.42. The van der Waals surface area contributed by atoms with E-state index in [2.05, 4.69) is 11.9 Å². The molecule has 0 saturated carbocycles. The molecule has 134 valence electrons. The minimum Gasteiger partial charge on any atom is -0.505 e. The van der Waals surface area contributed by atoms with Gasteiger partial charge >= 0.3 is 5.97 Å². The summed E-state index contributed by atoms with van der Waals surface area (Å²) in [5, 5.41) is 19.8. The molecule has 1 aromatic carbocycles. The normalized spacial score (nSPS) is 11.0. The number of phenols is 2. The lowest BCUT2D eigenvalue weighted by atomic mass is 10.1. The minimum absolute atomic E-state index is 0.0561. The Hall–Kier alpha value is -2.24. The van der Waals surface area contributed by atoms with Crippen LogP contribution in [0.3, 0.4) is 0 Å². The van der Waals surface area contributed by atoms with E-state index in [1.165, 1.54) is 19.4 Å². The summed E-state index contributed by atoms with van der Waals surface area (Å²) in [4.78, 5) is 15.7. The van der Waals surface area contributed by atoms with Crippen molar-refractivity contribution >= 4 is 17.9 Å². The van der Waals surface area contributed by atoms with Gasteiger partial charge in [-0.2, -0.15) is 0 Å². The zero-order valence-corrected chi connectivity index (χ0v) is 14.7. The van der Waals surface area contributed by atoms with Gasteiger partial charge < -0.3 is 19.7 Å². The molecular weight excluding hydrogens is 310 g/mol. The number of carbonyl (C=O) groups is 1. The Morgan fingerprint density at radius 1 is 1.29 bits per heavy atom. The van der Waals surface area contributed by atoms with Gasteiger partial charge in [-0.05, 0) is 19.8 Å². The van der Waals surface area contributed by atoms with Crippen LogP contribution < -0.4 is 4.74 Å². The van der Waals surface area contributed by atoms with Crippen LogP contribution in [0.15, 0.2) is 11.1 Å². The maximum Gasteiger partial charge on any atom is 0.306 e. The molecule has 0 aromatic heterocycles. The maximum atomic E-state index is 11.6. The number of rotatable bonds is 10. The highest BCUT2D eigenvalue weighted by Gasteiger charge is 2.14. The summed E-state index contributed by atoms with van der Waals surface area (Å²) in [5.74, 6) is -0.181. The van der Waals surface area contributed by atoms with Gasteiger partial charge in [0.05, 0.1) is 20.1 Å². The molecule has 6 heteroatoms. The number of esters is 1. The first-order chi connectivity index (χ1) is 11.5. The molecule has 1 rings (SSSR count). The molecule has 24 heavy (non-hydrogen) atoms. The number of nitrogens with zero attached hydrogens (tertiary/aromatic N) is 1. The quantitative estimate of drug-likeness (QED) is 0.291. The predicted molar refractivity (Wildman–Crippen MR) is 93.5 cm³/mol. The Bertz CT molecular complexity index is 569. The molecule has 0 aliphatic heterocycles. The van der Waals surface area contributed by atoms with Crippen LogP contribution in [0.25, 0.3) is 0 Å². The number of methoxy groups -OCH3 is 1. The number of aromatic hydroxyl groups is 2. The van der Waals surface area contributed by atoms with Crippen molar-refractivity contribution in [2.24, 2.45) is 4.99 Å². The van der Waals surface area contributed by atoms with Crippen LogP contribution in [0.1, 0.15) is 51.0 Å². The molecule has 0 aliphatic rings. The zero-order valence-electron chi connectivity index (χ0n) is 14.7. The lowest BCUT2D eigenvalue weighted by Gasteiger charge is -2.10. The van der Waals surface area contributed by atoms with Crippen molar-refractivity contribution in [1.82, 2.24) is 0 Å². The fourth-order valence-electron chi connectivity index (χ4n) is 2.24. The Morgan fingerprint density at radius 3 is 2.71 bits per heavy atom. The maximum absolute atomic E-state index is 11.6. The number of hydrogen-bond acceptors (Lipinski definition) is 6. The average Bonchev–Trinajstić information content (AvgIpc) is 2.56. The molecule has 0 atom stereocenters. The SMILES string of the molecule is CCCCCCOC(=O)CCC=Nc1cc(O)c(OC)c(C)c1O. The molecule has 0 saturated heterocycles. The largest absolute Gasteiger partial charge is 0.505 e. The Morgan fingerprint density at radius 2 is 2.04 bits per heavy atom. The zero-order chi connectivity index (χ0) is 17.9. The molecular formula is C18H27NO5. The van der Waals surface area contributed by atoms with Gasteiger partial charge in [0, 0.05) is 17.8 Å². The summed E-state index contributed by atoms with van der Waals surface area (Å²) in [5.41, 5.74) is 0.648. The van der Waals surface area contributed by atoms with Gasteiger partial charge in [0.15, 0.2) is 11.5 Å². The standard InChI is InChI=1S/C18H27NO5/c1-4-5-6-7-11-24-16(21)9-8-10-19-14-12-15(20)18(23-3)13(2)17(14)22/h10,12,20,22H,4-9,11H2,1-3H3. The van der Waals surface area contributed by atoms with Crippen LogP contribution in [-0.4, -0.2) is 36.1 Å². The molecule has 0 unspecified atom stereocenters. The van der Waals surface area contributed by atoms with Crippen molar-refractivity contribution in [1.29, 1.82) is 0 Å². The predicted octanol–water partition coefficient (Wildman–Crippen LogP) is 4.02. The van der Waals surface area contributed by atoms with Crippen LogP contribution in [-0.2, 0) is 9.53 Å². The Kier molecular flexibility index (Phi) is 8.68. The Labute approximate surface area is 143 Å². The number of aliphatic imine (C=N–C) groups is 1. The fraction of sp³-hybridized carbons (Fsp3) is 0.556. The summed E-state index contributed by atoms with van der Waals surface area (Å²) in [6, 6.07) is 1.32. The molecule has 2 N–H and O–H groups in total. The third kappa shape index (κ3) is 6.10. The first-order valence-corrected chi connectivity index (χ1v) is 8.28. The van der Waals surface area contributed by atoms with E-state index in [0.29, 0.717) is 18.6 Å². The summed E-state index contributed by atoms with van der Waals surface area (Å²) in [7, 11) is 1.41. The highest BCUT2D eigenvalue weighted by molar-refractivity contribution is 5.76. The molecule has 1 aromatic rings. The smallest absolute Gasteiger partial charge is 0.306 e. The van der Waals surface area contributed by atoms with E-state index >= 15 is 0 Å². The number of ether oxygens (including phenoxy) is 2. The van der Waals surface area contributed by atoms with E-state index in [1.54, 1.807) is 6.92 Å². The van der Waals surface area contributed by atoms with Gasteiger partial charge in [0.2, 0.25) is 0 Å². The first-order valence-electron chi connectivity index (χ1n) is 8.28. The molecule has 0 spiro atoms. The average molecular weight is 337 g/mol. The van der Waals surface area contributed by atoms with E-state index in [9.17, 15) is 15.0 Å². The van der Waals surface area contributed by atoms with Gasteiger partial charge in [-0.1, -0.05) is 26.2 Å². The fourth-order valence-corrected chi connectivity index (χ4v) is 2.24. The Balaban J connectivity index is 2.44. The third-order valence-corrected chi connectivity index (χ3v) is 3.62. The number of unbranched alkanes of at least 4 members (excludes halogenated alkanes) is 3. The van der Waals surface area contributed by atoms with Gasteiger partial charge in [-0.3, -0.25) is 9.79 Å². The second kappa shape index (κ2) is 10.5. The van der Waals surface area contributed by atoms with Crippen molar-refractivity contribution in [2.45, 2.75) is 52.4 Å². The summed E-state index contributed by atoms with van der Waals surface area (Å²) in [6.45, 7) is 4.22. The number of carbonyl (C=O) groups excluding carboxylic acids is 1. The number of phenolic OH excluding ortho intramolecular Hbond substituents is 2. The van der Waals surface area contributed by atoms with Crippen molar-refractivity contribution in [2.75, 3.05) is 13.7 Å². The van der Waals surface area contributed by atoms with Gasteiger partial charge in [0.1, 0.15) is 11.4 Å². The first kappa shape index (κ1) is 19.8. The van der Waals surface area contributed by atoms with E-state index in [-0.39, 0.29) is 35.3 Å². The number of benzene rings is 1. The molecule has 0 radical (unpaired) electrons. The second-order valence-corrected chi connectivity index (χ2v) is 5.55. The molecule has 6 nitrogen and oxygen atoms in total. The summed E-state index contributed by atoms with van der Waals surface area (Å²) < 4.78 is 10.1. The van der Waals surface area contributed by atoms with Gasteiger partial charge in [-0.25, -0.2) is 0 Å². The van der Waals surface area contributed by atoms with Crippen molar-refractivity contribution in [3.05, 3.63) is 11.6 Å². The second-order valence-electron chi connectivity index (χ2n) is 5.55. The van der Waals surface area contributed by atoms with Crippen LogP contribution in [0, 0.1) is 6.92 Å². The van der Waals surface area contributed by atoms with Crippen molar-refractivity contribution < 1.29 is 24.5 Å². The number of hydrogen-bond donors (Lipinski definition) is 2. The van der Waals surface area contributed by atoms with E-state index in [4.69, 9.17) is 9.47 Å². The summed E-state index contributed by atoms with van der Waals surface area (Å²) in [6.07, 6.45) is 6.44. The summed E-state index contributed by atoms with van der Waals surface area (Å²) >= 11 is 0. The van der Waals surface area contributed by atoms with Crippen LogP contribution >= 0.6 is 0 Å². The topological polar surface area (TPSA) is 88.4 Å². The van der Waals surface area contributed by atoms with Gasteiger partial charge in [-0.15, -0.1) is 0 Å². The highest BCUT2D eigenvalue weighted by atomic mass is 16.5. The van der Waals surface area contributed by atoms with E-state index < -0.39 is 0 Å². The van der Waals surface area contributed by atoms with Crippen molar-refractivity contribution in [3.63, 3.8) is 0 Å². The van der Waals surface area contributed by atoms with Gasteiger partial charge in [0.25, 0.3) is 0 Å². The molecule has 0 bridgehead atoms. The minimum atomic E-state index is -0.254. The van der Waals surface area contributed by atoms with Crippen LogP contribution in [0.4, 0.5) is 5.69 Å². The van der Waals surface area contributed by atoms with E-state index in [1.807, 2.05) is 0 Å². The molecule has 0 amide bonds. The van der Waals surface area contributed by atoms with Crippen molar-refractivity contribution in [3.8, 4) is 17.2 Å². The van der Waals surface area contributed by atoms with Crippen LogP contribution in [0.5, 0.6) is 17.2 Å². The third-order valence-electron chi connectivity index (χ3n) is 3.62. The molecule has 0 aliphatic carbocycles.